The van der Waals surface area contributed by atoms with Gasteiger partial charge in [-0.15, -0.1) is 11.3 Å². The normalized spacial score (nSPS) is 14.1. The van der Waals surface area contributed by atoms with Crippen molar-refractivity contribution >= 4 is 33.1 Å². The number of aryl methyl sites for hydroxylation is 3. The Balaban J connectivity index is 1.89. The number of anilines is 2. The largest absolute Gasteiger partial charge is 0.337 e. The lowest BCUT2D eigenvalue weighted by Crippen LogP contribution is -2.03. The maximum Gasteiger partial charge on any atom is 0.146 e. The second kappa shape index (κ2) is 5.32. The zero-order valence-corrected chi connectivity index (χ0v) is 13.1. The second-order valence-electron chi connectivity index (χ2n) is 5.62. The first-order chi connectivity index (χ1) is 10.7. The third-order valence-electron chi connectivity index (χ3n) is 4.05. The fourth-order valence-electron chi connectivity index (χ4n) is 3.04. The lowest BCUT2D eigenvalue weighted by atomic mass is 9.97. The quantitative estimate of drug-likeness (QED) is 0.741. The number of nitrogens with zero attached hydrogens (tertiary/aromatic N) is 2. The van der Waals surface area contributed by atoms with Gasteiger partial charge in [-0.3, -0.25) is 0 Å². The van der Waals surface area contributed by atoms with Crippen LogP contribution in [0.3, 0.4) is 0 Å². The molecule has 2 aromatic heterocycles. The molecular weight excluding hydrogens is 297 g/mol. The Morgan fingerprint density at radius 3 is 2.82 bits per heavy atom. The predicted octanol–water partition coefficient (Wildman–Crippen LogP) is 4.76. The van der Waals surface area contributed by atoms with Crippen LogP contribution < -0.4 is 5.32 Å². The molecule has 5 heteroatoms. The number of aromatic nitrogens is 2. The molecule has 4 rings (SSSR count). The van der Waals surface area contributed by atoms with Crippen molar-refractivity contribution < 1.29 is 4.39 Å². The van der Waals surface area contributed by atoms with Crippen LogP contribution in [0.1, 0.15) is 29.1 Å². The van der Waals surface area contributed by atoms with Gasteiger partial charge in [0.15, 0.2) is 0 Å². The van der Waals surface area contributed by atoms with E-state index in [4.69, 9.17) is 0 Å². The van der Waals surface area contributed by atoms with E-state index < -0.39 is 0 Å². The fourth-order valence-corrected chi connectivity index (χ4v) is 4.35. The van der Waals surface area contributed by atoms with Gasteiger partial charge in [0, 0.05) is 4.88 Å². The van der Waals surface area contributed by atoms with Crippen molar-refractivity contribution in [3.8, 4) is 0 Å². The molecule has 1 aromatic carbocycles. The van der Waals surface area contributed by atoms with E-state index in [1.54, 1.807) is 23.5 Å². The standard InChI is InChI=1S/C17H16FN3S/c1-10-19-16(21-13-8-4-3-7-12(13)18)15-11-6-2-5-9-14(11)22-17(15)20-10/h3-4,7-8H,2,5-6,9H2,1H3,(H,19,20,21). The lowest BCUT2D eigenvalue weighted by Gasteiger charge is -2.13. The average molecular weight is 313 g/mol. The lowest BCUT2D eigenvalue weighted by molar-refractivity contribution is 0.632. The van der Waals surface area contributed by atoms with Crippen LogP contribution in [0.2, 0.25) is 0 Å². The van der Waals surface area contributed by atoms with Crippen molar-refractivity contribution in [2.45, 2.75) is 32.6 Å². The number of halogens is 1. The van der Waals surface area contributed by atoms with Crippen LogP contribution in [-0.4, -0.2) is 9.97 Å². The van der Waals surface area contributed by atoms with Gasteiger partial charge in [0.2, 0.25) is 0 Å². The van der Waals surface area contributed by atoms with E-state index in [0.717, 1.165) is 28.9 Å². The highest BCUT2D eigenvalue weighted by atomic mass is 32.1. The molecule has 0 aliphatic heterocycles. The maximum atomic E-state index is 13.9. The van der Waals surface area contributed by atoms with Crippen LogP contribution in [0.4, 0.5) is 15.9 Å². The molecule has 0 saturated carbocycles. The fraction of sp³-hybridized carbons (Fsp3) is 0.294. The summed E-state index contributed by atoms with van der Waals surface area (Å²) in [6, 6.07) is 6.70. The maximum absolute atomic E-state index is 13.9. The number of para-hydroxylation sites is 1. The number of nitrogens with one attached hydrogen (secondary N) is 1. The van der Waals surface area contributed by atoms with Crippen molar-refractivity contribution in [3.05, 3.63) is 46.3 Å². The summed E-state index contributed by atoms with van der Waals surface area (Å²) in [6.45, 7) is 1.88. The van der Waals surface area contributed by atoms with E-state index >= 15 is 0 Å². The summed E-state index contributed by atoms with van der Waals surface area (Å²) in [4.78, 5) is 11.5. The molecule has 0 saturated heterocycles. The number of thiophene rings is 1. The van der Waals surface area contributed by atoms with Gasteiger partial charge in [-0.2, -0.15) is 0 Å². The monoisotopic (exact) mass is 313 g/mol. The Morgan fingerprint density at radius 2 is 1.95 bits per heavy atom. The van der Waals surface area contributed by atoms with Crippen LogP contribution in [0.15, 0.2) is 24.3 Å². The number of rotatable bonds is 2. The molecule has 1 aliphatic rings. The highest BCUT2D eigenvalue weighted by molar-refractivity contribution is 7.19. The van der Waals surface area contributed by atoms with E-state index in [1.807, 2.05) is 13.0 Å². The van der Waals surface area contributed by atoms with E-state index in [9.17, 15) is 4.39 Å². The first kappa shape index (κ1) is 13.6. The van der Waals surface area contributed by atoms with Gasteiger partial charge in [-0.05, 0) is 50.3 Å². The van der Waals surface area contributed by atoms with Crippen molar-refractivity contribution in [2.75, 3.05) is 5.32 Å². The Hall–Kier alpha value is -2.01. The Bertz CT molecular complexity index is 856. The summed E-state index contributed by atoms with van der Waals surface area (Å²) < 4.78 is 13.9. The number of benzene rings is 1. The summed E-state index contributed by atoms with van der Waals surface area (Å²) in [7, 11) is 0. The summed E-state index contributed by atoms with van der Waals surface area (Å²) >= 11 is 1.76. The van der Waals surface area contributed by atoms with Crippen molar-refractivity contribution in [2.24, 2.45) is 0 Å². The van der Waals surface area contributed by atoms with Gasteiger partial charge in [-0.25, -0.2) is 14.4 Å². The van der Waals surface area contributed by atoms with Gasteiger partial charge >= 0.3 is 0 Å². The van der Waals surface area contributed by atoms with Crippen LogP contribution >= 0.6 is 11.3 Å². The molecule has 1 N–H and O–H groups in total. The zero-order valence-electron chi connectivity index (χ0n) is 12.3. The van der Waals surface area contributed by atoms with E-state index in [0.29, 0.717) is 11.5 Å². The van der Waals surface area contributed by atoms with Crippen molar-refractivity contribution in [1.29, 1.82) is 0 Å². The van der Waals surface area contributed by atoms with E-state index in [2.05, 4.69) is 15.3 Å². The third kappa shape index (κ3) is 2.25. The summed E-state index contributed by atoms with van der Waals surface area (Å²) in [5.74, 6) is 1.17. The predicted molar refractivity (Wildman–Crippen MR) is 88.5 cm³/mol. The van der Waals surface area contributed by atoms with Crippen molar-refractivity contribution in [1.82, 2.24) is 9.97 Å². The summed E-state index contributed by atoms with van der Waals surface area (Å²) in [5, 5.41) is 4.25. The van der Waals surface area contributed by atoms with Crippen LogP contribution in [0, 0.1) is 12.7 Å². The second-order valence-corrected chi connectivity index (χ2v) is 6.70. The molecule has 3 nitrogen and oxygen atoms in total. The molecule has 112 valence electrons. The molecular formula is C17H16FN3S. The van der Waals surface area contributed by atoms with E-state index in [-0.39, 0.29) is 5.82 Å². The molecule has 0 radical (unpaired) electrons. The van der Waals surface area contributed by atoms with Crippen LogP contribution in [0.25, 0.3) is 10.2 Å². The SMILES string of the molecule is Cc1nc(Nc2ccccc2F)c2c3c(sc2n1)CCCC3. The topological polar surface area (TPSA) is 37.8 Å². The van der Waals surface area contributed by atoms with Gasteiger partial charge in [-0.1, -0.05) is 12.1 Å². The molecule has 3 aromatic rings. The average Bonchev–Trinajstić information content (AvgIpc) is 2.87. The number of hydrogen-bond donors (Lipinski definition) is 1. The van der Waals surface area contributed by atoms with Gasteiger partial charge < -0.3 is 5.32 Å². The third-order valence-corrected chi connectivity index (χ3v) is 5.24. The molecule has 1 aliphatic carbocycles. The van der Waals surface area contributed by atoms with Crippen molar-refractivity contribution in [3.63, 3.8) is 0 Å². The first-order valence-electron chi connectivity index (χ1n) is 7.53. The Kier molecular flexibility index (Phi) is 3.30. The Morgan fingerprint density at radius 1 is 1.14 bits per heavy atom. The molecule has 0 bridgehead atoms. The molecule has 0 spiro atoms. The van der Waals surface area contributed by atoms with E-state index in [1.165, 1.54) is 29.3 Å². The van der Waals surface area contributed by atoms with Gasteiger partial charge in [0.05, 0.1) is 11.1 Å². The first-order valence-corrected chi connectivity index (χ1v) is 8.34. The van der Waals surface area contributed by atoms with Crippen LogP contribution in [-0.2, 0) is 12.8 Å². The number of fused-ring (bicyclic) bond motifs is 3. The highest BCUT2D eigenvalue weighted by Gasteiger charge is 2.21. The van der Waals surface area contributed by atoms with Gasteiger partial charge in [0.25, 0.3) is 0 Å². The highest BCUT2D eigenvalue weighted by Crippen LogP contribution is 2.39. The molecule has 0 atom stereocenters. The minimum absolute atomic E-state index is 0.268. The van der Waals surface area contributed by atoms with Gasteiger partial charge in [0.1, 0.15) is 22.3 Å². The molecule has 0 amide bonds. The Labute approximate surface area is 132 Å². The zero-order chi connectivity index (χ0) is 15.1. The van der Waals surface area contributed by atoms with Crippen LogP contribution in [0.5, 0.6) is 0 Å². The number of hydrogen-bond acceptors (Lipinski definition) is 4. The molecule has 22 heavy (non-hydrogen) atoms. The minimum atomic E-state index is -0.268. The summed E-state index contributed by atoms with van der Waals surface area (Å²) in [6.07, 6.45) is 4.62. The smallest absolute Gasteiger partial charge is 0.146 e. The minimum Gasteiger partial charge on any atom is -0.337 e. The molecule has 0 unspecified atom stereocenters. The summed E-state index contributed by atoms with van der Waals surface area (Å²) in [5.41, 5.74) is 1.81. The molecule has 0 fully saturated rings. The molecule has 2 heterocycles.